The molecule has 0 aliphatic carbocycles. The van der Waals surface area contributed by atoms with Crippen molar-refractivity contribution in [3.05, 3.63) is 24.3 Å². The molecule has 0 aromatic heterocycles. The Bertz CT molecular complexity index is 377. The molecule has 66 valence electrons. The number of hydrogen-bond donors (Lipinski definition) is 1. The zero-order valence-corrected chi connectivity index (χ0v) is 10.3. The molecular weight excluding hydrogens is 201 g/mol. The average Bonchev–Trinajstić information content (AvgIpc) is 2.03. The quantitative estimate of drug-likeness (QED) is 0.437. The summed E-state index contributed by atoms with van der Waals surface area (Å²) in [7, 11) is -2.80. The van der Waals surface area contributed by atoms with Gasteiger partial charge in [-0.15, -0.1) is 0 Å². The van der Waals surface area contributed by atoms with E-state index in [0.29, 0.717) is 5.69 Å². The van der Waals surface area contributed by atoms with Crippen molar-refractivity contribution < 1.29 is 42.5 Å². The van der Waals surface area contributed by atoms with Gasteiger partial charge in [0.2, 0.25) is 0 Å². The van der Waals surface area contributed by atoms with Crippen LogP contribution in [0.1, 0.15) is 0 Å². The molecule has 1 N–H and O–H groups in total. The third-order valence-corrected chi connectivity index (χ3v) is 2.32. The summed E-state index contributed by atoms with van der Waals surface area (Å²) in [4.78, 5) is -0.215. The molecule has 13 heavy (non-hydrogen) atoms. The number of para-hydroxylation sites is 1. The van der Waals surface area contributed by atoms with Gasteiger partial charge in [-0.3, -0.25) is 0 Å². The molecule has 1 aromatic carbocycles. The second-order valence-corrected chi connectivity index (χ2v) is 3.55. The van der Waals surface area contributed by atoms with E-state index >= 15 is 0 Å². The fourth-order valence-electron chi connectivity index (χ4n) is 0.891. The predicted octanol–water partition coefficient (Wildman–Crippen LogP) is -2.36. The second kappa shape index (κ2) is 4.97. The van der Waals surface area contributed by atoms with Gasteiger partial charge in [0.05, 0.1) is 10.6 Å². The summed E-state index contributed by atoms with van der Waals surface area (Å²) in [5.74, 6) is 0. The fraction of sp³-hybridized carbons (Fsp3) is 0.143. The molecule has 0 unspecified atom stereocenters. The first-order chi connectivity index (χ1) is 5.55. The van der Waals surface area contributed by atoms with Crippen LogP contribution in [0.2, 0.25) is 0 Å². The second-order valence-electron chi connectivity index (χ2n) is 2.20. The summed E-state index contributed by atoms with van der Waals surface area (Å²) < 4.78 is 31.9. The molecule has 1 rings (SSSR count). The molecule has 1 aromatic rings. The van der Waals surface area contributed by atoms with Crippen molar-refractivity contribution in [2.24, 2.45) is 0 Å². The number of nitrogens with one attached hydrogen (secondary N) is 1. The Morgan fingerprint density at radius 3 is 2.23 bits per heavy atom. The normalized spacial score (nSPS) is 10.3. The van der Waals surface area contributed by atoms with E-state index in [1.54, 1.807) is 13.1 Å². The van der Waals surface area contributed by atoms with Gasteiger partial charge >= 0.3 is 29.6 Å². The minimum absolute atomic E-state index is 0. The van der Waals surface area contributed by atoms with Crippen molar-refractivity contribution in [1.29, 1.82) is 0 Å². The summed E-state index contributed by atoms with van der Waals surface area (Å²) in [5.41, 5.74) is 0.326. The summed E-state index contributed by atoms with van der Waals surface area (Å²) in [6.45, 7) is 0. The van der Waals surface area contributed by atoms with Crippen LogP contribution in [0.5, 0.6) is 0 Å². The topological polar surface area (TPSA) is 69.2 Å². The molecule has 6 heteroatoms. The van der Waals surface area contributed by atoms with Gasteiger partial charge in [-0.05, 0) is 12.1 Å². The maximum Gasteiger partial charge on any atom is 1.00 e. The van der Waals surface area contributed by atoms with Crippen LogP contribution < -0.4 is 34.9 Å². The minimum Gasteiger partial charge on any atom is -0.744 e. The van der Waals surface area contributed by atoms with E-state index in [1.807, 2.05) is 0 Å². The Hall–Kier alpha value is -0.0700. The predicted molar refractivity (Wildman–Crippen MR) is 44.0 cm³/mol. The maximum absolute atomic E-state index is 10.6. The molecule has 0 aliphatic heterocycles. The SMILES string of the molecule is CNc1ccccc1S(=O)(=O)[O-].[Na+]. The van der Waals surface area contributed by atoms with E-state index in [0.717, 1.165) is 0 Å². The molecule has 0 heterocycles. The molecule has 0 amide bonds. The van der Waals surface area contributed by atoms with Crippen LogP contribution in [0.15, 0.2) is 29.2 Å². The molecule has 0 saturated carbocycles. The molecule has 0 spiro atoms. The maximum atomic E-state index is 10.6. The fourth-order valence-corrected chi connectivity index (χ4v) is 1.58. The minimum atomic E-state index is -4.36. The molecule has 0 saturated heterocycles. The largest absolute Gasteiger partial charge is 1.00 e. The van der Waals surface area contributed by atoms with Crippen molar-refractivity contribution in [3.8, 4) is 0 Å². The van der Waals surface area contributed by atoms with E-state index in [1.165, 1.54) is 18.2 Å². The van der Waals surface area contributed by atoms with Crippen molar-refractivity contribution in [2.75, 3.05) is 12.4 Å². The Balaban J connectivity index is 0.00000144. The van der Waals surface area contributed by atoms with Gasteiger partial charge in [0, 0.05) is 7.05 Å². The van der Waals surface area contributed by atoms with E-state index in [4.69, 9.17) is 0 Å². The smallest absolute Gasteiger partial charge is 0.744 e. The van der Waals surface area contributed by atoms with Gasteiger partial charge in [-0.25, -0.2) is 8.42 Å². The molecule has 0 aliphatic rings. The van der Waals surface area contributed by atoms with Crippen LogP contribution in [0.3, 0.4) is 0 Å². The average molecular weight is 209 g/mol. The number of hydrogen-bond acceptors (Lipinski definition) is 4. The van der Waals surface area contributed by atoms with Crippen LogP contribution in [0, 0.1) is 0 Å². The van der Waals surface area contributed by atoms with Crippen LogP contribution in [-0.2, 0) is 10.1 Å². The van der Waals surface area contributed by atoms with Gasteiger partial charge in [-0.2, -0.15) is 0 Å². The van der Waals surface area contributed by atoms with E-state index < -0.39 is 10.1 Å². The Morgan fingerprint density at radius 1 is 1.31 bits per heavy atom. The van der Waals surface area contributed by atoms with Crippen LogP contribution in [0.4, 0.5) is 5.69 Å². The van der Waals surface area contributed by atoms with Gasteiger partial charge in [0.1, 0.15) is 10.1 Å². The van der Waals surface area contributed by atoms with Gasteiger partial charge < -0.3 is 9.87 Å². The van der Waals surface area contributed by atoms with Gasteiger partial charge in [0.15, 0.2) is 0 Å². The van der Waals surface area contributed by atoms with E-state index in [9.17, 15) is 13.0 Å². The molecule has 0 atom stereocenters. The monoisotopic (exact) mass is 209 g/mol. The number of anilines is 1. The van der Waals surface area contributed by atoms with E-state index in [2.05, 4.69) is 5.32 Å². The molecular formula is C7H8NNaO3S. The summed E-state index contributed by atoms with van der Waals surface area (Å²) >= 11 is 0. The Labute approximate surface area is 99.4 Å². The Kier molecular flexibility index (Phi) is 4.95. The number of benzene rings is 1. The molecule has 4 nitrogen and oxygen atoms in total. The van der Waals surface area contributed by atoms with Crippen molar-refractivity contribution >= 4 is 15.8 Å². The number of rotatable bonds is 2. The summed E-state index contributed by atoms with van der Waals surface area (Å²) in [5, 5.41) is 2.62. The standard InChI is InChI=1S/C7H9NO3S.Na/c1-8-6-4-2-3-5-7(6)12(9,10)11;/h2-5,8H,1H3,(H,9,10,11);/q;+1/p-1. The van der Waals surface area contributed by atoms with Gasteiger partial charge in [-0.1, -0.05) is 12.1 Å². The molecule has 0 radical (unpaired) electrons. The third-order valence-electron chi connectivity index (χ3n) is 1.43. The first kappa shape index (κ1) is 12.9. The van der Waals surface area contributed by atoms with Crippen LogP contribution in [-0.4, -0.2) is 20.0 Å². The summed E-state index contributed by atoms with van der Waals surface area (Å²) in [6.07, 6.45) is 0. The van der Waals surface area contributed by atoms with Crippen molar-refractivity contribution in [1.82, 2.24) is 0 Å². The zero-order valence-electron chi connectivity index (χ0n) is 7.44. The van der Waals surface area contributed by atoms with Crippen LogP contribution >= 0.6 is 0 Å². The molecule has 0 bridgehead atoms. The van der Waals surface area contributed by atoms with Crippen molar-refractivity contribution in [3.63, 3.8) is 0 Å². The first-order valence-corrected chi connectivity index (χ1v) is 4.69. The molecule has 0 fully saturated rings. The Morgan fingerprint density at radius 2 is 1.85 bits per heavy atom. The summed E-state index contributed by atoms with van der Waals surface area (Å²) in [6, 6.07) is 5.96. The van der Waals surface area contributed by atoms with E-state index in [-0.39, 0.29) is 34.5 Å². The van der Waals surface area contributed by atoms with Crippen molar-refractivity contribution in [2.45, 2.75) is 4.90 Å². The third kappa shape index (κ3) is 3.28. The zero-order chi connectivity index (χ0) is 9.19. The van der Waals surface area contributed by atoms with Gasteiger partial charge in [0.25, 0.3) is 0 Å². The van der Waals surface area contributed by atoms with Crippen LogP contribution in [0.25, 0.3) is 0 Å². The first-order valence-electron chi connectivity index (χ1n) is 3.28.